The molecule has 2 unspecified atom stereocenters. The smallest absolute Gasteiger partial charge is 1.00 e. The predicted octanol–water partition coefficient (Wildman–Crippen LogP) is 0.781. The van der Waals surface area contributed by atoms with Gasteiger partial charge in [0.15, 0.2) is 0 Å². The fraction of sp³-hybridized carbons (Fsp3) is 0.667. The summed E-state index contributed by atoms with van der Waals surface area (Å²) < 4.78 is 211. The van der Waals surface area contributed by atoms with Crippen LogP contribution in [-0.2, 0) is 33.5 Å². The van der Waals surface area contributed by atoms with Crippen molar-refractivity contribution in [3.05, 3.63) is 35.8 Å². The first-order valence-corrected chi connectivity index (χ1v) is 14.4. The maximum Gasteiger partial charge on any atom is 1.00 e. The normalized spacial score (nSPS) is 12.3. The topological polar surface area (TPSA) is 132 Å². The molecule has 0 aliphatic rings. The molecule has 0 rings (SSSR count). The van der Waals surface area contributed by atoms with Crippen molar-refractivity contribution in [2.24, 2.45) is 5.92 Å². The Morgan fingerprint density at radius 2 is 1.10 bits per heavy atom. The summed E-state index contributed by atoms with van der Waals surface area (Å²) in [7, 11) is 10.9. The average molecular weight is 981 g/mol. The monoisotopic (exact) mass is 980 g/mol. The molecule has 62 heavy (non-hydrogen) atoms. The zero-order chi connectivity index (χ0) is 48.5. The van der Waals surface area contributed by atoms with E-state index in [2.05, 4.69) is 20.9 Å². The van der Waals surface area contributed by atoms with Crippen molar-refractivity contribution in [1.29, 1.82) is 0 Å². The van der Waals surface area contributed by atoms with Crippen LogP contribution in [0.1, 0.15) is 22.7 Å². The van der Waals surface area contributed by atoms with E-state index >= 15 is 0 Å². The van der Waals surface area contributed by atoms with Crippen molar-refractivity contribution in [3.63, 3.8) is 0 Å². The molecule has 0 bridgehead atoms. The molecule has 0 aromatic rings. The minimum absolute atomic E-state index is 0. The molecule has 0 aromatic heterocycles. The van der Waals surface area contributed by atoms with Gasteiger partial charge in [0, 0.05) is 26.2 Å². The van der Waals surface area contributed by atoms with Gasteiger partial charge in [-0.25, -0.2) is 19.0 Å². The Balaban J connectivity index is -0.0000000580. The number of nitrogens with zero attached hydrogens (tertiary/aromatic N) is 4. The number of esters is 2. The number of hydrogen-bond donors (Lipinski definition) is 0. The molecule has 0 aromatic carbocycles. The second kappa shape index (κ2) is 38.0. The summed E-state index contributed by atoms with van der Waals surface area (Å²) in [5.41, 5.74) is -5.42. The quantitative estimate of drug-likeness (QED) is 0.0334. The van der Waals surface area contributed by atoms with Gasteiger partial charge in [-0.05, 0) is 49.2 Å². The summed E-state index contributed by atoms with van der Waals surface area (Å²) in [4.78, 5) is 43.9. The summed E-state index contributed by atoms with van der Waals surface area (Å²) in [5, 5.41) is 8.43. The molecule has 0 heterocycles. The van der Waals surface area contributed by atoms with E-state index < -0.39 is 64.7 Å². The number of alkyl halides is 11. The zero-order valence-electron chi connectivity index (χ0n) is 36.0. The minimum Gasteiger partial charge on any atom is -1.00 e. The van der Waals surface area contributed by atoms with E-state index in [1.165, 1.54) is 14.2 Å². The Morgan fingerprint density at radius 3 is 1.19 bits per heavy atom. The van der Waals surface area contributed by atoms with Gasteiger partial charge in [0.1, 0.15) is 0 Å². The Kier molecular flexibility index (Phi) is 51.0. The molecular weight excluding hydrogens is 932 g/mol. The molecule has 0 saturated carbocycles. The summed E-state index contributed by atoms with van der Waals surface area (Å²) in [6, 6.07) is -13.3. The largest absolute Gasteiger partial charge is 1.00 e. The fourth-order valence-electron chi connectivity index (χ4n) is 2.33. The maximum absolute atomic E-state index is 12.8. The SMILES string of the molecule is C.C=C(C)C(=O)OC.CN(C)C(F)(F)C(F)(C(=O)F)C(F)(F)F.CN(C)C(F)(F)C(F)=C(F)F.CN(C)C(F)=C(F)C(F)(F)F.COC(=O)C(C)CN(C)C.F.O=CO[O-].[H-].[Na+].[Na+]. The van der Waals surface area contributed by atoms with Gasteiger partial charge >= 0.3 is 113 Å². The maximum atomic E-state index is 12.8. The molecule has 32 heteroatoms. The zero-order valence-corrected chi connectivity index (χ0v) is 39.0. The van der Waals surface area contributed by atoms with Crippen LogP contribution < -0.4 is 64.4 Å². The van der Waals surface area contributed by atoms with E-state index in [-0.39, 0.29) is 102 Å². The van der Waals surface area contributed by atoms with Gasteiger partial charge in [-0.2, -0.15) is 70.2 Å². The van der Waals surface area contributed by atoms with Crippen molar-refractivity contribution < 1.29 is 179 Å². The minimum atomic E-state index is -6.34. The first-order chi connectivity index (χ1) is 25.6. The predicted molar refractivity (Wildman–Crippen MR) is 177 cm³/mol. The van der Waals surface area contributed by atoms with Crippen LogP contribution in [-0.4, -0.2) is 151 Å². The van der Waals surface area contributed by atoms with Gasteiger partial charge in [-0.1, -0.05) is 20.9 Å². The van der Waals surface area contributed by atoms with E-state index in [0.29, 0.717) is 24.6 Å². The first kappa shape index (κ1) is 83.3. The number of ether oxygens (including phenoxy) is 2. The van der Waals surface area contributed by atoms with Crippen LogP contribution in [0.2, 0.25) is 0 Å². The van der Waals surface area contributed by atoms with Crippen molar-refractivity contribution in [3.8, 4) is 0 Å². The third-order valence-electron chi connectivity index (χ3n) is 5.27. The van der Waals surface area contributed by atoms with Gasteiger partial charge in [0.25, 0.3) is 12.3 Å². The van der Waals surface area contributed by atoms with Crippen LogP contribution in [0.4, 0.5) is 79.3 Å². The van der Waals surface area contributed by atoms with Crippen molar-refractivity contribution in [2.75, 3.05) is 77.1 Å². The van der Waals surface area contributed by atoms with Crippen LogP contribution in [0.5, 0.6) is 0 Å². The van der Waals surface area contributed by atoms with Gasteiger partial charge < -0.3 is 30.8 Å². The average Bonchev–Trinajstić information content (AvgIpc) is 3.08. The number of carbonyl (C=O) groups excluding carboxylic acids is 4. The molecule has 364 valence electrons. The third kappa shape index (κ3) is 33.2. The van der Waals surface area contributed by atoms with E-state index in [1.807, 2.05) is 25.9 Å². The van der Waals surface area contributed by atoms with E-state index in [9.17, 15) is 89.0 Å². The third-order valence-corrected chi connectivity index (χ3v) is 5.27. The van der Waals surface area contributed by atoms with Crippen molar-refractivity contribution in [1.82, 2.24) is 19.6 Å². The van der Waals surface area contributed by atoms with Crippen molar-refractivity contribution >= 4 is 24.4 Å². The molecule has 0 radical (unpaired) electrons. The number of methoxy groups -OCH3 is 2. The van der Waals surface area contributed by atoms with E-state index in [4.69, 9.17) is 10.1 Å². The molecule has 0 fully saturated rings. The van der Waals surface area contributed by atoms with Gasteiger partial charge in [-0.15, -0.1) is 0 Å². The van der Waals surface area contributed by atoms with Crippen LogP contribution in [0.3, 0.4) is 0 Å². The fourth-order valence-corrected chi connectivity index (χ4v) is 2.33. The van der Waals surface area contributed by atoms with Crippen LogP contribution in [0.15, 0.2) is 35.8 Å². The molecule has 0 spiro atoms. The summed E-state index contributed by atoms with van der Waals surface area (Å²) in [6.07, 6.45) is -14.6. The van der Waals surface area contributed by atoms with Crippen molar-refractivity contribution in [2.45, 2.75) is 51.4 Å². The Hall–Kier alpha value is -2.32. The first-order valence-electron chi connectivity index (χ1n) is 14.4. The Bertz CT molecular complexity index is 1340. The molecule has 2 atom stereocenters. The molecule has 0 aliphatic carbocycles. The second-order valence-electron chi connectivity index (χ2n) is 11.0. The van der Waals surface area contributed by atoms with E-state index in [0.717, 1.165) is 34.7 Å². The molecule has 0 saturated heterocycles. The molecule has 12 nitrogen and oxygen atoms in total. The number of likely N-dealkylation sites (N-methyl/N-ethyl adjacent to an activating group) is 1. The van der Waals surface area contributed by atoms with Gasteiger partial charge in [0.2, 0.25) is 11.8 Å². The number of carbonyl (C=O) groups is 4. The molecular formula is C30H48F18N4Na2O8. The standard InChI is InChI=1S/C7H15NO2.C6H6F7NO.2C5H6F5N.C5H8O2.CH2O3.CH4.FH.2Na.H/c1-6(5-8(2)3)7(9)10-4;1-14(2)6(12,13)4(8,3(7)15)5(9,10)11;1-11(2)4(7)3(6)5(8,9)10;1-11(2)5(9,10)3(6)4(7)8;1-4(2)5(6)7-3;2-1-4-3;;;;;/h6H,5H2,1-4H3;1-2H3;2*1-2H3;1H2,2-3H3;1,3H;1H4;1H;;;/q;;;;;;;;2*+1;-1/p-1. The summed E-state index contributed by atoms with van der Waals surface area (Å²) in [5.74, 6) is -7.85. The van der Waals surface area contributed by atoms with Crippen LogP contribution in [0.25, 0.3) is 0 Å². The molecule has 0 aliphatic heterocycles. The number of allylic oxidation sites excluding steroid dienone is 1. The van der Waals surface area contributed by atoms with Gasteiger partial charge in [0.05, 0.1) is 20.1 Å². The Labute approximate surface area is 391 Å². The van der Waals surface area contributed by atoms with Crippen LogP contribution in [0, 0.1) is 5.92 Å². The number of hydrogen-bond acceptors (Lipinski definition) is 12. The summed E-state index contributed by atoms with van der Waals surface area (Å²) in [6.45, 7) is 7.37. The van der Waals surface area contributed by atoms with Gasteiger partial charge in [-0.3, -0.25) is 19.1 Å². The molecule has 0 amide bonds. The number of halogens is 18. The van der Waals surface area contributed by atoms with Crippen LogP contribution >= 0.6 is 0 Å². The van der Waals surface area contributed by atoms with E-state index in [1.54, 1.807) is 6.92 Å². The Morgan fingerprint density at radius 1 is 0.742 bits per heavy atom. The number of rotatable bonds is 11. The summed E-state index contributed by atoms with van der Waals surface area (Å²) >= 11 is 0. The second-order valence-corrected chi connectivity index (χ2v) is 11.0. The molecule has 0 N–H and O–H groups in total.